The molecule has 0 unspecified atom stereocenters. The second-order valence-electron chi connectivity index (χ2n) is 3.36. The number of carbonyl (C=O) groups excluding carboxylic acids is 2. The number of halogens is 2. The number of hydrogen-bond acceptors (Lipinski definition) is 3. The summed E-state index contributed by atoms with van der Waals surface area (Å²) in [5.41, 5.74) is -0.420. The van der Waals surface area contributed by atoms with Crippen LogP contribution in [0, 0.1) is 23.5 Å². The van der Waals surface area contributed by atoms with E-state index in [0.29, 0.717) is 12.2 Å². The van der Waals surface area contributed by atoms with E-state index in [0.717, 1.165) is 23.9 Å². The lowest BCUT2D eigenvalue weighted by molar-refractivity contribution is -0.109. The minimum absolute atomic E-state index is 0.00985. The number of thioether (sulfide) groups is 1. The summed E-state index contributed by atoms with van der Waals surface area (Å²) < 4.78 is 26.6. The van der Waals surface area contributed by atoms with Gasteiger partial charge in [-0.1, -0.05) is 23.6 Å². The quantitative estimate of drug-likeness (QED) is 0.480. The molecule has 0 amide bonds. The zero-order valence-corrected chi connectivity index (χ0v) is 10.4. The summed E-state index contributed by atoms with van der Waals surface area (Å²) in [5, 5.41) is -0.00985. The Hall–Kier alpha value is -1.67. The maximum atomic E-state index is 13.4. The normalized spacial score (nSPS) is 9.50. The molecule has 0 N–H and O–H groups in total. The van der Waals surface area contributed by atoms with Crippen LogP contribution in [0.15, 0.2) is 12.1 Å². The first-order chi connectivity index (χ1) is 8.54. The molecule has 0 aliphatic rings. The van der Waals surface area contributed by atoms with Crippen molar-refractivity contribution in [3.63, 3.8) is 0 Å². The van der Waals surface area contributed by atoms with E-state index in [-0.39, 0.29) is 22.5 Å². The highest BCUT2D eigenvalue weighted by Crippen LogP contribution is 2.12. The van der Waals surface area contributed by atoms with Gasteiger partial charge in [-0.25, -0.2) is 8.78 Å². The molecule has 1 aromatic carbocycles. The molecule has 5 heteroatoms. The maximum absolute atomic E-state index is 13.4. The number of benzene rings is 1. The predicted molar refractivity (Wildman–Crippen MR) is 66.4 cm³/mol. The van der Waals surface area contributed by atoms with Crippen molar-refractivity contribution < 1.29 is 18.4 Å². The van der Waals surface area contributed by atoms with Crippen LogP contribution in [0.2, 0.25) is 0 Å². The molecule has 0 aliphatic carbocycles. The van der Waals surface area contributed by atoms with Crippen LogP contribution in [0.3, 0.4) is 0 Å². The Bertz CT molecular complexity index is 530. The third-order valence-electron chi connectivity index (χ3n) is 1.97. The van der Waals surface area contributed by atoms with Crippen molar-refractivity contribution in [2.75, 3.05) is 5.75 Å². The van der Waals surface area contributed by atoms with Crippen LogP contribution in [-0.4, -0.2) is 17.2 Å². The Morgan fingerprint density at radius 1 is 1.39 bits per heavy atom. The van der Waals surface area contributed by atoms with Crippen molar-refractivity contribution in [2.45, 2.75) is 13.3 Å². The van der Waals surface area contributed by atoms with Crippen LogP contribution < -0.4 is 0 Å². The summed E-state index contributed by atoms with van der Waals surface area (Å²) in [6.45, 7) is 1.45. The molecule has 0 saturated heterocycles. The third kappa shape index (κ3) is 4.30. The van der Waals surface area contributed by atoms with Crippen molar-refractivity contribution in [3.05, 3.63) is 34.9 Å². The highest BCUT2D eigenvalue weighted by molar-refractivity contribution is 8.13. The topological polar surface area (TPSA) is 34.1 Å². The molecule has 0 heterocycles. The Balaban J connectivity index is 2.73. The number of aldehydes is 1. The molecule has 1 aromatic rings. The van der Waals surface area contributed by atoms with E-state index >= 15 is 0 Å². The Kier molecular flexibility index (Phi) is 5.53. The van der Waals surface area contributed by atoms with Gasteiger partial charge in [0.15, 0.2) is 11.4 Å². The second kappa shape index (κ2) is 6.92. The van der Waals surface area contributed by atoms with Crippen molar-refractivity contribution in [1.82, 2.24) is 0 Å². The minimum atomic E-state index is -0.797. The molecule has 2 nitrogen and oxygen atoms in total. The number of rotatable bonds is 3. The van der Waals surface area contributed by atoms with E-state index in [1.807, 2.05) is 0 Å². The van der Waals surface area contributed by atoms with Gasteiger partial charge in [-0.3, -0.25) is 9.59 Å². The summed E-state index contributed by atoms with van der Waals surface area (Å²) in [4.78, 5) is 21.0. The molecule has 1 rings (SSSR count). The lowest BCUT2D eigenvalue weighted by atomic mass is 10.1. The molecule has 0 aliphatic heterocycles. The maximum Gasteiger partial charge on any atom is 0.185 e. The first kappa shape index (κ1) is 14.4. The first-order valence-electron chi connectivity index (χ1n) is 5.11. The highest BCUT2D eigenvalue weighted by atomic mass is 32.2. The fourth-order valence-electron chi connectivity index (χ4n) is 1.15. The Labute approximate surface area is 108 Å². The van der Waals surface area contributed by atoms with Gasteiger partial charge < -0.3 is 0 Å². The fourth-order valence-corrected chi connectivity index (χ4v) is 1.64. The Morgan fingerprint density at radius 3 is 2.72 bits per heavy atom. The lowest BCUT2D eigenvalue weighted by Gasteiger charge is -1.98. The van der Waals surface area contributed by atoms with E-state index in [1.54, 1.807) is 0 Å². The number of carbonyl (C=O) groups is 2. The molecule has 0 radical (unpaired) electrons. The highest BCUT2D eigenvalue weighted by Gasteiger charge is 2.07. The predicted octanol–water partition coefficient (Wildman–Crippen LogP) is 2.80. The second-order valence-corrected chi connectivity index (χ2v) is 4.64. The van der Waals surface area contributed by atoms with E-state index in [2.05, 4.69) is 11.8 Å². The van der Waals surface area contributed by atoms with Crippen LogP contribution >= 0.6 is 11.8 Å². The fraction of sp³-hybridized carbons (Fsp3) is 0.231. The molecule has 0 saturated carbocycles. The van der Waals surface area contributed by atoms with E-state index < -0.39 is 11.6 Å². The Morgan fingerprint density at radius 2 is 2.11 bits per heavy atom. The number of hydrogen-bond donors (Lipinski definition) is 0. The molecule has 94 valence electrons. The summed E-state index contributed by atoms with van der Waals surface area (Å²) in [5.74, 6) is 4.10. The van der Waals surface area contributed by atoms with Gasteiger partial charge >= 0.3 is 0 Å². The van der Waals surface area contributed by atoms with Gasteiger partial charge in [-0.2, -0.15) is 0 Å². The van der Waals surface area contributed by atoms with Crippen LogP contribution in [0.25, 0.3) is 0 Å². The van der Waals surface area contributed by atoms with Crippen molar-refractivity contribution in [3.8, 4) is 11.8 Å². The lowest BCUT2D eigenvalue weighted by Crippen LogP contribution is -1.93. The van der Waals surface area contributed by atoms with Crippen LogP contribution in [-0.2, 0) is 4.79 Å². The third-order valence-corrected chi connectivity index (χ3v) is 2.78. The van der Waals surface area contributed by atoms with E-state index in [4.69, 9.17) is 0 Å². The van der Waals surface area contributed by atoms with Gasteiger partial charge in [0.1, 0.15) is 11.6 Å². The average Bonchev–Trinajstić information content (AvgIpc) is 2.32. The average molecular weight is 268 g/mol. The SMILES string of the molecule is CC(=O)SCCC#Cc1cc(F)c(C=O)cc1F. The molecule has 0 bridgehead atoms. The van der Waals surface area contributed by atoms with E-state index in [9.17, 15) is 18.4 Å². The standard InChI is InChI=1S/C13H10F2O2S/c1-9(17)18-5-3-2-4-10-6-13(15)11(8-16)7-12(10)14/h6-8H,3,5H2,1H3. The van der Waals surface area contributed by atoms with Gasteiger partial charge in [0.05, 0.1) is 11.1 Å². The molecule has 0 fully saturated rings. The largest absolute Gasteiger partial charge is 0.298 e. The summed E-state index contributed by atoms with van der Waals surface area (Å²) in [6.07, 6.45) is 0.653. The minimum Gasteiger partial charge on any atom is -0.298 e. The molecular weight excluding hydrogens is 258 g/mol. The smallest absolute Gasteiger partial charge is 0.185 e. The van der Waals surface area contributed by atoms with Gasteiger partial charge in [0.25, 0.3) is 0 Å². The summed E-state index contributed by atoms with van der Waals surface area (Å²) in [7, 11) is 0. The van der Waals surface area contributed by atoms with Gasteiger partial charge in [0.2, 0.25) is 0 Å². The van der Waals surface area contributed by atoms with Crippen molar-refractivity contribution in [2.24, 2.45) is 0 Å². The molecule has 0 spiro atoms. The van der Waals surface area contributed by atoms with E-state index in [1.165, 1.54) is 6.92 Å². The first-order valence-corrected chi connectivity index (χ1v) is 6.09. The summed E-state index contributed by atoms with van der Waals surface area (Å²) in [6, 6.07) is 1.71. The molecule has 18 heavy (non-hydrogen) atoms. The van der Waals surface area contributed by atoms with Crippen LogP contribution in [0.1, 0.15) is 29.3 Å². The monoisotopic (exact) mass is 268 g/mol. The van der Waals surface area contributed by atoms with Crippen molar-refractivity contribution >= 4 is 23.2 Å². The molecule has 0 aromatic heterocycles. The molecule has 0 atom stereocenters. The summed E-state index contributed by atoms with van der Waals surface area (Å²) >= 11 is 1.12. The zero-order valence-electron chi connectivity index (χ0n) is 9.63. The molecular formula is C13H10F2O2S. The van der Waals surface area contributed by atoms with Crippen LogP contribution in [0.4, 0.5) is 8.78 Å². The van der Waals surface area contributed by atoms with Crippen molar-refractivity contribution in [1.29, 1.82) is 0 Å². The van der Waals surface area contributed by atoms with Gasteiger partial charge in [0, 0.05) is 19.1 Å². The van der Waals surface area contributed by atoms with Crippen LogP contribution in [0.5, 0.6) is 0 Å². The zero-order chi connectivity index (χ0) is 13.5. The van der Waals surface area contributed by atoms with Gasteiger partial charge in [-0.05, 0) is 12.1 Å². The van der Waals surface area contributed by atoms with Gasteiger partial charge in [-0.15, -0.1) is 0 Å².